The zero-order chi connectivity index (χ0) is 18.4. The molecule has 7 heteroatoms. The van der Waals surface area contributed by atoms with E-state index in [1.807, 2.05) is 30.3 Å². The molecule has 1 saturated heterocycles. The summed E-state index contributed by atoms with van der Waals surface area (Å²) in [6.07, 6.45) is 1.93. The molecule has 138 valence electrons. The first-order valence-electron chi connectivity index (χ1n) is 8.66. The number of benzene rings is 1. The number of primary amides is 1. The van der Waals surface area contributed by atoms with Crippen LogP contribution in [0.4, 0.5) is 0 Å². The highest BCUT2D eigenvalue weighted by molar-refractivity contribution is 6.06. The summed E-state index contributed by atoms with van der Waals surface area (Å²) in [5.74, 6) is -0.432. The number of aromatic nitrogens is 1. The van der Waals surface area contributed by atoms with Crippen LogP contribution in [0.5, 0.6) is 0 Å². The Morgan fingerprint density at radius 1 is 1.23 bits per heavy atom. The zero-order valence-electron chi connectivity index (χ0n) is 14.5. The molecule has 2 aromatic rings. The molecule has 1 amide bonds. The van der Waals surface area contributed by atoms with E-state index < -0.39 is 5.91 Å². The number of carbonyl (C=O) groups excluding carboxylic acids is 2. The highest BCUT2D eigenvalue weighted by atomic mass is 16.5. The van der Waals surface area contributed by atoms with E-state index in [1.165, 1.54) is 0 Å². The molecule has 1 aliphatic rings. The lowest BCUT2D eigenvalue weighted by Crippen LogP contribution is -2.18. The molecule has 2 N–H and O–H groups in total. The Labute approximate surface area is 151 Å². The number of ether oxygens (including phenoxy) is 2. The van der Waals surface area contributed by atoms with Gasteiger partial charge in [-0.15, -0.1) is 0 Å². The molecule has 1 atom stereocenters. The summed E-state index contributed by atoms with van der Waals surface area (Å²) in [5.41, 5.74) is 6.44. The van der Waals surface area contributed by atoms with Crippen LogP contribution in [0.25, 0.3) is 0 Å². The fourth-order valence-electron chi connectivity index (χ4n) is 2.97. The predicted octanol–water partition coefficient (Wildman–Crippen LogP) is 2.49. The lowest BCUT2D eigenvalue weighted by Gasteiger charge is -2.05. The highest BCUT2D eigenvalue weighted by Gasteiger charge is 2.26. The molecule has 26 heavy (non-hydrogen) atoms. The molecule has 7 nitrogen and oxygen atoms in total. The van der Waals surface area contributed by atoms with Crippen molar-refractivity contribution in [2.24, 2.45) is 11.7 Å². The highest BCUT2D eigenvalue weighted by Crippen LogP contribution is 2.22. The number of Topliss-reactive ketones (excluding diaryl/α,β-unsaturated/α-hetero) is 1. The van der Waals surface area contributed by atoms with Crippen molar-refractivity contribution >= 4 is 11.7 Å². The zero-order valence-corrected chi connectivity index (χ0v) is 14.5. The number of rotatable bonds is 9. The summed E-state index contributed by atoms with van der Waals surface area (Å²) in [7, 11) is 0. The van der Waals surface area contributed by atoms with Gasteiger partial charge in [-0.2, -0.15) is 0 Å². The maximum atomic E-state index is 12.4. The molecular weight excluding hydrogens is 336 g/mol. The number of ketones is 1. The Morgan fingerprint density at radius 3 is 2.73 bits per heavy atom. The summed E-state index contributed by atoms with van der Waals surface area (Å²) in [6, 6.07) is 9.59. The van der Waals surface area contributed by atoms with Gasteiger partial charge in [-0.1, -0.05) is 35.5 Å². The lowest BCUT2D eigenvalue weighted by molar-refractivity contribution is 0.0852. The van der Waals surface area contributed by atoms with Crippen LogP contribution < -0.4 is 5.73 Å². The van der Waals surface area contributed by atoms with Crippen LogP contribution in [-0.2, 0) is 22.7 Å². The van der Waals surface area contributed by atoms with E-state index in [0.29, 0.717) is 25.6 Å². The van der Waals surface area contributed by atoms with E-state index >= 15 is 0 Å². The van der Waals surface area contributed by atoms with Gasteiger partial charge in [0.25, 0.3) is 5.91 Å². The van der Waals surface area contributed by atoms with Crippen molar-refractivity contribution < 1.29 is 23.6 Å². The summed E-state index contributed by atoms with van der Waals surface area (Å²) in [6.45, 7) is 1.78. The van der Waals surface area contributed by atoms with Crippen molar-refractivity contribution in [1.82, 2.24) is 5.16 Å². The van der Waals surface area contributed by atoms with Gasteiger partial charge in [-0.3, -0.25) is 9.59 Å². The van der Waals surface area contributed by atoms with Gasteiger partial charge < -0.3 is 19.7 Å². The monoisotopic (exact) mass is 358 g/mol. The Bertz CT molecular complexity index is 751. The predicted molar refractivity (Wildman–Crippen MR) is 92.4 cm³/mol. The van der Waals surface area contributed by atoms with Crippen LogP contribution in [0.15, 0.2) is 34.9 Å². The number of nitrogens with zero attached hydrogens (tertiary/aromatic N) is 1. The minimum atomic E-state index is -0.739. The Morgan fingerprint density at radius 2 is 2.04 bits per heavy atom. The van der Waals surface area contributed by atoms with Crippen molar-refractivity contribution in [2.75, 3.05) is 13.2 Å². The molecule has 3 rings (SSSR count). The average Bonchev–Trinajstić information content (AvgIpc) is 3.30. The fourth-order valence-corrected chi connectivity index (χ4v) is 2.97. The van der Waals surface area contributed by atoms with E-state index in [4.69, 9.17) is 19.7 Å². The number of carbonyl (C=O) groups is 2. The van der Waals surface area contributed by atoms with E-state index in [0.717, 1.165) is 18.6 Å². The number of amides is 1. The minimum absolute atomic E-state index is 0.00488. The van der Waals surface area contributed by atoms with Crippen molar-refractivity contribution in [3.8, 4) is 0 Å². The average molecular weight is 358 g/mol. The van der Waals surface area contributed by atoms with Crippen molar-refractivity contribution in [3.63, 3.8) is 0 Å². The quantitative estimate of drug-likeness (QED) is 0.691. The van der Waals surface area contributed by atoms with E-state index in [1.54, 1.807) is 0 Å². The van der Waals surface area contributed by atoms with Gasteiger partial charge in [0.2, 0.25) is 0 Å². The summed E-state index contributed by atoms with van der Waals surface area (Å²) in [5, 5.41) is 3.77. The molecule has 1 aromatic carbocycles. The molecule has 2 heterocycles. The van der Waals surface area contributed by atoms with Crippen molar-refractivity contribution in [3.05, 3.63) is 52.9 Å². The summed E-state index contributed by atoms with van der Waals surface area (Å²) >= 11 is 0. The SMILES string of the molecule is NC(=O)c1c(C(=O)CCC2CCOC2)noc1COCc1ccccc1. The molecule has 1 aliphatic heterocycles. The van der Waals surface area contributed by atoms with Gasteiger partial charge in [-0.05, 0) is 24.3 Å². The Balaban J connectivity index is 1.61. The molecule has 1 aromatic heterocycles. The maximum absolute atomic E-state index is 12.4. The Hall–Kier alpha value is -2.51. The van der Waals surface area contributed by atoms with Crippen molar-refractivity contribution in [2.45, 2.75) is 32.5 Å². The molecule has 0 radical (unpaired) electrons. The normalized spacial score (nSPS) is 16.7. The van der Waals surface area contributed by atoms with E-state index in [9.17, 15) is 9.59 Å². The molecular formula is C19H22N2O5. The first-order valence-corrected chi connectivity index (χ1v) is 8.66. The Kier molecular flexibility index (Phi) is 6.14. The van der Waals surface area contributed by atoms with Crippen LogP contribution in [0.2, 0.25) is 0 Å². The standard InChI is InChI=1S/C19H22N2O5/c20-19(23)17-16(12-25-11-13-4-2-1-3-5-13)26-21-18(17)15(22)7-6-14-8-9-24-10-14/h1-5,14H,6-12H2,(H2,20,23). The van der Waals surface area contributed by atoms with E-state index in [2.05, 4.69) is 5.16 Å². The number of hydrogen-bond acceptors (Lipinski definition) is 6. The molecule has 1 unspecified atom stereocenters. The second-order valence-electron chi connectivity index (χ2n) is 6.36. The minimum Gasteiger partial charge on any atom is -0.381 e. The van der Waals surface area contributed by atoms with Crippen LogP contribution in [0, 0.1) is 5.92 Å². The molecule has 0 bridgehead atoms. The molecule has 0 saturated carbocycles. The first kappa shape index (κ1) is 18.3. The van der Waals surface area contributed by atoms with Crippen LogP contribution >= 0.6 is 0 Å². The number of nitrogens with two attached hydrogens (primary N) is 1. The van der Waals surface area contributed by atoms with Gasteiger partial charge in [0.05, 0.1) is 6.61 Å². The molecule has 0 spiro atoms. The van der Waals surface area contributed by atoms with Crippen LogP contribution in [0.1, 0.15) is 51.4 Å². The topological polar surface area (TPSA) is 105 Å². The molecule has 1 fully saturated rings. The maximum Gasteiger partial charge on any atom is 0.254 e. The van der Waals surface area contributed by atoms with Gasteiger partial charge in [0.15, 0.2) is 17.2 Å². The van der Waals surface area contributed by atoms with E-state index in [-0.39, 0.29) is 35.8 Å². The smallest absolute Gasteiger partial charge is 0.254 e. The van der Waals surface area contributed by atoms with Gasteiger partial charge in [0, 0.05) is 19.6 Å². The van der Waals surface area contributed by atoms with Crippen LogP contribution in [-0.4, -0.2) is 30.1 Å². The van der Waals surface area contributed by atoms with Crippen LogP contribution in [0.3, 0.4) is 0 Å². The third-order valence-corrected chi connectivity index (χ3v) is 4.42. The summed E-state index contributed by atoms with van der Waals surface area (Å²) < 4.78 is 16.0. The second-order valence-corrected chi connectivity index (χ2v) is 6.36. The fraction of sp³-hybridized carbons (Fsp3) is 0.421. The molecule has 0 aliphatic carbocycles. The van der Waals surface area contributed by atoms with Crippen molar-refractivity contribution in [1.29, 1.82) is 0 Å². The third-order valence-electron chi connectivity index (χ3n) is 4.42. The summed E-state index contributed by atoms with van der Waals surface area (Å²) in [4.78, 5) is 24.2. The van der Waals surface area contributed by atoms with Gasteiger partial charge >= 0.3 is 0 Å². The second kappa shape index (κ2) is 8.73. The third kappa shape index (κ3) is 4.56. The largest absolute Gasteiger partial charge is 0.381 e. The van der Waals surface area contributed by atoms with Gasteiger partial charge in [-0.25, -0.2) is 0 Å². The van der Waals surface area contributed by atoms with Gasteiger partial charge in [0.1, 0.15) is 12.2 Å². The lowest BCUT2D eigenvalue weighted by atomic mass is 9.98. The first-order chi connectivity index (χ1) is 12.6. The number of hydrogen-bond donors (Lipinski definition) is 1.